The van der Waals surface area contributed by atoms with Crippen molar-refractivity contribution < 1.29 is 24.0 Å². The first kappa shape index (κ1) is 17.7. The van der Waals surface area contributed by atoms with E-state index in [9.17, 15) is 19.2 Å². The van der Waals surface area contributed by atoms with Crippen LogP contribution in [0.1, 0.15) is 42.5 Å². The largest absolute Gasteiger partial charge is 0.352 e. The lowest BCUT2D eigenvalue weighted by Gasteiger charge is -2.12. The Bertz CT molecular complexity index is 628. The van der Waals surface area contributed by atoms with Crippen molar-refractivity contribution in [3.8, 4) is 0 Å². The maximum absolute atomic E-state index is 11.8. The SMILES string of the molecule is [B]c1ccc(C(=O)NCCCCC(=O)ON2C(=O)CCC2=O)cc1. The number of carbonyl (C=O) groups is 4. The molecule has 1 saturated heterocycles. The Morgan fingerprint density at radius 2 is 1.71 bits per heavy atom. The van der Waals surface area contributed by atoms with Crippen LogP contribution in [-0.4, -0.2) is 43.1 Å². The number of benzene rings is 1. The zero-order chi connectivity index (χ0) is 17.5. The molecule has 1 aliphatic heterocycles. The van der Waals surface area contributed by atoms with Gasteiger partial charge >= 0.3 is 5.97 Å². The summed E-state index contributed by atoms with van der Waals surface area (Å²) in [7, 11) is 5.55. The number of nitrogens with one attached hydrogen (secondary N) is 1. The van der Waals surface area contributed by atoms with Gasteiger partial charge in [-0.3, -0.25) is 14.4 Å². The summed E-state index contributed by atoms with van der Waals surface area (Å²) in [4.78, 5) is 50.7. The third-order valence-electron chi connectivity index (χ3n) is 3.46. The summed E-state index contributed by atoms with van der Waals surface area (Å²) < 4.78 is 0. The van der Waals surface area contributed by atoms with Gasteiger partial charge in [0.05, 0.1) is 0 Å². The zero-order valence-corrected chi connectivity index (χ0v) is 13.1. The van der Waals surface area contributed by atoms with E-state index in [1.165, 1.54) is 0 Å². The van der Waals surface area contributed by atoms with Crippen molar-refractivity contribution in [2.75, 3.05) is 6.54 Å². The topological polar surface area (TPSA) is 92.8 Å². The van der Waals surface area contributed by atoms with Crippen molar-refractivity contribution in [3.63, 3.8) is 0 Å². The molecule has 0 aliphatic carbocycles. The number of carbonyl (C=O) groups excluding carboxylic acids is 4. The number of hydroxylamine groups is 2. The van der Waals surface area contributed by atoms with Crippen LogP contribution < -0.4 is 10.8 Å². The van der Waals surface area contributed by atoms with Crippen molar-refractivity contribution in [1.29, 1.82) is 0 Å². The van der Waals surface area contributed by atoms with Gasteiger partial charge in [0.15, 0.2) is 0 Å². The third kappa shape index (κ3) is 4.94. The minimum atomic E-state index is -0.636. The average molecular weight is 328 g/mol. The fraction of sp³-hybridized carbons (Fsp3) is 0.375. The predicted octanol–water partition coefficient (Wildman–Crippen LogP) is -0.0123. The molecule has 1 aromatic carbocycles. The van der Waals surface area contributed by atoms with Crippen molar-refractivity contribution in [2.24, 2.45) is 0 Å². The molecule has 1 N–H and O–H groups in total. The van der Waals surface area contributed by atoms with E-state index in [0.717, 1.165) is 0 Å². The van der Waals surface area contributed by atoms with Gasteiger partial charge in [-0.25, -0.2) is 4.79 Å². The number of hydrogen-bond acceptors (Lipinski definition) is 5. The van der Waals surface area contributed by atoms with E-state index in [0.29, 0.717) is 35.5 Å². The molecule has 0 saturated carbocycles. The van der Waals surface area contributed by atoms with Crippen molar-refractivity contribution >= 4 is 37.0 Å². The standard InChI is InChI=1S/C16H17BN2O5/c17-12-6-4-11(5-7-12)16(23)18-10-2-1-3-15(22)24-19-13(20)8-9-14(19)21/h4-7H,1-3,8-10H2,(H,18,23). The van der Waals surface area contributed by atoms with Crippen LogP contribution in [0.15, 0.2) is 24.3 Å². The summed E-state index contributed by atoms with van der Waals surface area (Å²) in [5, 5.41) is 3.26. The maximum atomic E-state index is 11.8. The molecular weight excluding hydrogens is 311 g/mol. The zero-order valence-electron chi connectivity index (χ0n) is 13.1. The van der Waals surface area contributed by atoms with Gasteiger partial charge in [0.2, 0.25) is 0 Å². The summed E-state index contributed by atoms with van der Waals surface area (Å²) in [6.07, 6.45) is 1.25. The van der Waals surface area contributed by atoms with E-state index in [1.807, 2.05) is 0 Å². The second-order valence-electron chi connectivity index (χ2n) is 5.38. The quantitative estimate of drug-likeness (QED) is 0.432. The molecule has 0 spiro atoms. The average Bonchev–Trinajstić information content (AvgIpc) is 2.87. The second-order valence-corrected chi connectivity index (χ2v) is 5.38. The van der Waals surface area contributed by atoms with Crippen LogP contribution >= 0.6 is 0 Å². The lowest BCUT2D eigenvalue weighted by atomic mass is 9.95. The lowest BCUT2D eigenvalue weighted by molar-refractivity contribution is -0.197. The molecule has 24 heavy (non-hydrogen) atoms. The minimum Gasteiger partial charge on any atom is -0.352 e. The normalized spacial score (nSPS) is 13.9. The van der Waals surface area contributed by atoms with Crippen LogP contribution in [0.5, 0.6) is 0 Å². The molecule has 3 amide bonds. The molecule has 8 heteroatoms. The minimum absolute atomic E-state index is 0.0643. The third-order valence-corrected chi connectivity index (χ3v) is 3.46. The Labute approximate surface area is 140 Å². The van der Waals surface area contributed by atoms with Gasteiger partial charge in [-0.05, 0) is 12.8 Å². The number of unbranched alkanes of at least 4 members (excludes halogenated alkanes) is 1. The smallest absolute Gasteiger partial charge is 0.333 e. The van der Waals surface area contributed by atoms with E-state index in [-0.39, 0.29) is 25.2 Å². The second kappa shape index (κ2) is 8.28. The van der Waals surface area contributed by atoms with E-state index < -0.39 is 17.8 Å². The highest BCUT2D eigenvalue weighted by Gasteiger charge is 2.32. The van der Waals surface area contributed by atoms with E-state index in [2.05, 4.69) is 5.32 Å². The van der Waals surface area contributed by atoms with Crippen LogP contribution in [0.2, 0.25) is 0 Å². The molecule has 2 radical (unpaired) electrons. The van der Waals surface area contributed by atoms with Gasteiger partial charge in [-0.2, -0.15) is 0 Å². The lowest BCUT2D eigenvalue weighted by Crippen LogP contribution is -2.32. The van der Waals surface area contributed by atoms with Gasteiger partial charge in [0.1, 0.15) is 7.85 Å². The number of hydrogen-bond donors (Lipinski definition) is 1. The molecular formula is C16H17BN2O5. The maximum Gasteiger partial charge on any atom is 0.333 e. The molecule has 0 atom stereocenters. The number of nitrogens with zero attached hydrogens (tertiary/aromatic N) is 1. The van der Waals surface area contributed by atoms with Crippen LogP contribution in [-0.2, 0) is 19.2 Å². The van der Waals surface area contributed by atoms with E-state index >= 15 is 0 Å². The molecule has 0 unspecified atom stereocenters. The molecule has 124 valence electrons. The van der Waals surface area contributed by atoms with Crippen LogP contribution in [0.3, 0.4) is 0 Å². The van der Waals surface area contributed by atoms with Crippen LogP contribution in [0.4, 0.5) is 0 Å². The van der Waals surface area contributed by atoms with Crippen molar-refractivity contribution in [2.45, 2.75) is 32.1 Å². The highest BCUT2D eigenvalue weighted by Crippen LogP contribution is 2.13. The Morgan fingerprint density at radius 1 is 1.08 bits per heavy atom. The van der Waals surface area contributed by atoms with Gasteiger partial charge in [-0.1, -0.05) is 29.7 Å². The highest BCUT2D eigenvalue weighted by atomic mass is 16.7. The fourth-order valence-corrected chi connectivity index (χ4v) is 2.14. The Hall–Kier alpha value is -2.64. The summed E-state index contributed by atoms with van der Waals surface area (Å²) in [6, 6.07) is 6.55. The molecule has 0 bridgehead atoms. The fourth-order valence-electron chi connectivity index (χ4n) is 2.14. The first-order valence-electron chi connectivity index (χ1n) is 7.67. The molecule has 1 aromatic rings. The Balaban J connectivity index is 1.61. The first-order chi connectivity index (χ1) is 11.5. The van der Waals surface area contributed by atoms with Crippen molar-refractivity contribution in [3.05, 3.63) is 29.8 Å². The van der Waals surface area contributed by atoms with Gasteiger partial charge in [-0.15, -0.1) is 5.06 Å². The predicted molar refractivity (Wildman–Crippen MR) is 85.2 cm³/mol. The Kier molecular flexibility index (Phi) is 6.11. The molecule has 1 fully saturated rings. The molecule has 0 aromatic heterocycles. The van der Waals surface area contributed by atoms with E-state index in [4.69, 9.17) is 12.7 Å². The molecule has 1 heterocycles. The summed E-state index contributed by atoms with van der Waals surface area (Å²) in [5.74, 6) is -1.84. The summed E-state index contributed by atoms with van der Waals surface area (Å²) >= 11 is 0. The molecule has 1 aliphatic rings. The van der Waals surface area contributed by atoms with Gasteiger partial charge in [0, 0.05) is 31.4 Å². The van der Waals surface area contributed by atoms with Crippen LogP contribution in [0, 0.1) is 0 Å². The van der Waals surface area contributed by atoms with Crippen molar-refractivity contribution in [1.82, 2.24) is 10.4 Å². The number of rotatable bonds is 7. The first-order valence-corrected chi connectivity index (χ1v) is 7.67. The number of amides is 3. The monoisotopic (exact) mass is 328 g/mol. The van der Waals surface area contributed by atoms with Gasteiger partial charge in [0.25, 0.3) is 17.7 Å². The molecule has 7 nitrogen and oxygen atoms in total. The van der Waals surface area contributed by atoms with Crippen LogP contribution in [0.25, 0.3) is 0 Å². The Morgan fingerprint density at radius 3 is 2.33 bits per heavy atom. The highest BCUT2D eigenvalue weighted by molar-refractivity contribution is 6.32. The number of imide groups is 1. The van der Waals surface area contributed by atoms with E-state index in [1.54, 1.807) is 24.3 Å². The van der Waals surface area contributed by atoms with Gasteiger partial charge < -0.3 is 10.2 Å². The molecule has 2 rings (SSSR count). The summed E-state index contributed by atoms with van der Waals surface area (Å²) in [6.45, 7) is 0.401. The summed E-state index contributed by atoms with van der Waals surface area (Å²) in [5.41, 5.74) is 1.09.